The second kappa shape index (κ2) is 7.76. The van der Waals surface area contributed by atoms with Crippen molar-refractivity contribution in [2.45, 2.75) is 26.3 Å². The van der Waals surface area contributed by atoms with Gasteiger partial charge in [-0.1, -0.05) is 12.1 Å². The summed E-state index contributed by atoms with van der Waals surface area (Å²) >= 11 is 0. The van der Waals surface area contributed by atoms with E-state index in [1.165, 1.54) is 5.69 Å². The van der Waals surface area contributed by atoms with E-state index in [0.29, 0.717) is 6.04 Å². The zero-order chi connectivity index (χ0) is 15.1. The fourth-order valence-corrected chi connectivity index (χ4v) is 2.66. The Bertz CT molecular complexity index is 475. The van der Waals surface area contributed by atoms with Crippen molar-refractivity contribution >= 4 is 11.6 Å². The average molecular weight is 290 g/mol. The van der Waals surface area contributed by atoms with Crippen molar-refractivity contribution in [2.75, 3.05) is 38.2 Å². The molecule has 21 heavy (non-hydrogen) atoms. The minimum Gasteiger partial charge on any atom is -0.495 e. The van der Waals surface area contributed by atoms with Gasteiger partial charge in [-0.25, -0.2) is 0 Å². The van der Waals surface area contributed by atoms with E-state index in [4.69, 9.17) is 4.74 Å². The van der Waals surface area contributed by atoms with E-state index >= 15 is 0 Å². The molecule has 1 unspecified atom stereocenters. The van der Waals surface area contributed by atoms with Gasteiger partial charge in [0, 0.05) is 32.2 Å². The maximum atomic E-state index is 5.45. The molecule has 1 atom stereocenters. The number of para-hydroxylation sites is 2. The van der Waals surface area contributed by atoms with Gasteiger partial charge < -0.3 is 20.3 Å². The molecule has 0 bridgehead atoms. The standard InChI is InChI=1S/C16H26N4O/c1-4-17-16(18-5-2)19-13-10-11-20(12-13)14-8-6-7-9-15(14)21-3/h6-9,13H,4-5,10-12H2,1-3H3,(H2,17,18,19). The van der Waals surface area contributed by atoms with Gasteiger partial charge in [0.05, 0.1) is 12.8 Å². The summed E-state index contributed by atoms with van der Waals surface area (Å²) < 4.78 is 5.45. The quantitative estimate of drug-likeness (QED) is 0.642. The van der Waals surface area contributed by atoms with Crippen molar-refractivity contribution in [2.24, 2.45) is 4.99 Å². The van der Waals surface area contributed by atoms with Crippen LogP contribution in [-0.4, -0.2) is 45.3 Å². The number of benzene rings is 1. The zero-order valence-electron chi connectivity index (χ0n) is 13.2. The van der Waals surface area contributed by atoms with Gasteiger partial charge in [-0.2, -0.15) is 0 Å². The smallest absolute Gasteiger partial charge is 0.191 e. The third kappa shape index (κ3) is 4.03. The molecule has 0 aliphatic carbocycles. The summed E-state index contributed by atoms with van der Waals surface area (Å²) in [6, 6.07) is 8.61. The largest absolute Gasteiger partial charge is 0.495 e. The summed E-state index contributed by atoms with van der Waals surface area (Å²) in [6.45, 7) is 7.81. The summed E-state index contributed by atoms with van der Waals surface area (Å²) in [4.78, 5) is 6.83. The van der Waals surface area contributed by atoms with Gasteiger partial charge in [0.1, 0.15) is 5.75 Å². The fourth-order valence-electron chi connectivity index (χ4n) is 2.66. The van der Waals surface area contributed by atoms with E-state index in [1.807, 2.05) is 12.1 Å². The Labute approximate surface area is 127 Å². The molecule has 0 saturated carbocycles. The molecular formula is C16H26N4O. The highest BCUT2D eigenvalue weighted by molar-refractivity contribution is 5.80. The van der Waals surface area contributed by atoms with Crippen molar-refractivity contribution in [1.29, 1.82) is 0 Å². The van der Waals surface area contributed by atoms with Crippen molar-refractivity contribution in [1.82, 2.24) is 10.6 Å². The zero-order valence-corrected chi connectivity index (χ0v) is 13.2. The predicted octanol–water partition coefficient (Wildman–Crippen LogP) is 1.85. The number of hydrogen-bond donors (Lipinski definition) is 2. The lowest BCUT2D eigenvalue weighted by Crippen LogP contribution is -2.44. The van der Waals surface area contributed by atoms with Crippen LogP contribution in [-0.2, 0) is 0 Å². The van der Waals surface area contributed by atoms with Crippen LogP contribution in [0.1, 0.15) is 20.3 Å². The van der Waals surface area contributed by atoms with E-state index in [9.17, 15) is 0 Å². The van der Waals surface area contributed by atoms with Gasteiger partial charge in [0.2, 0.25) is 0 Å². The van der Waals surface area contributed by atoms with Crippen LogP contribution in [0.2, 0.25) is 0 Å². The molecule has 0 spiro atoms. The number of methoxy groups -OCH3 is 1. The normalized spacial score (nSPS) is 18.7. The Balaban J connectivity index is 1.98. The number of aliphatic imine (C=N–C) groups is 1. The van der Waals surface area contributed by atoms with Crippen molar-refractivity contribution in [3.05, 3.63) is 24.3 Å². The lowest BCUT2D eigenvalue weighted by Gasteiger charge is -2.22. The van der Waals surface area contributed by atoms with E-state index in [0.717, 1.165) is 44.3 Å². The monoisotopic (exact) mass is 290 g/mol. The first-order valence-electron chi connectivity index (χ1n) is 7.71. The van der Waals surface area contributed by atoms with E-state index < -0.39 is 0 Å². The number of hydrogen-bond acceptors (Lipinski definition) is 3. The summed E-state index contributed by atoms with van der Waals surface area (Å²) in [6.07, 6.45) is 1.10. The lowest BCUT2D eigenvalue weighted by atomic mass is 10.2. The molecule has 2 N–H and O–H groups in total. The molecule has 1 aromatic rings. The van der Waals surface area contributed by atoms with Crippen LogP contribution < -0.4 is 20.3 Å². The maximum Gasteiger partial charge on any atom is 0.191 e. The fraction of sp³-hybridized carbons (Fsp3) is 0.562. The summed E-state index contributed by atoms with van der Waals surface area (Å²) in [7, 11) is 1.72. The molecule has 5 nitrogen and oxygen atoms in total. The first-order chi connectivity index (χ1) is 10.3. The third-order valence-corrected chi connectivity index (χ3v) is 3.62. The molecule has 0 radical (unpaired) electrons. The van der Waals surface area contributed by atoms with Crippen molar-refractivity contribution in [3.63, 3.8) is 0 Å². The SMILES string of the molecule is CCN=C(NCC)NC1CCN(c2ccccc2OC)C1. The number of anilines is 1. The summed E-state index contributed by atoms with van der Waals surface area (Å²) in [5.74, 6) is 1.85. The van der Waals surface area contributed by atoms with Gasteiger partial charge >= 0.3 is 0 Å². The van der Waals surface area contributed by atoms with Crippen LogP contribution in [0.25, 0.3) is 0 Å². The Morgan fingerprint density at radius 2 is 2.19 bits per heavy atom. The van der Waals surface area contributed by atoms with E-state index in [-0.39, 0.29) is 0 Å². The Hall–Kier alpha value is -1.91. The molecule has 1 heterocycles. The van der Waals surface area contributed by atoms with Gasteiger partial charge in [0.15, 0.2) is 5.96 Å². The molecule has 1 saturated heterocycles. The van der Waals surface area contributed by atoms with Crippen LogP contribution in [0.3, 0.4) is 0 Å². The minimum absolute atomic E-state index is 0.416. The summed E-state index contributed by atoms with van der Waals surface area (Å²) in [5.41, 5.74) is 1.17. The second-order valence-electron chi connectivity index (χ2n) is 5.10. The highest BCUT2D eigenvalue weighted by Gasteiger charge is 2.25. The Kier molecular flexibility index (Phi) is 5.72. The van der Waals surface area contributed by atoms with Crippen LogP contribution in [0, 0.1) is 0 Å². The number of nitrogens with zero attached hydrogens (tertiary/aromatic N) is 2. The molecule has 5 heteroatoms. The van der Waals surface area contributed by atoms with Crippen molar-refractivity contribution < 1.29 is 4.74 Å². The first kappa shape index (κ1) is 15.5. The van der Waals surface area contributed by atoms with Gasteiger partial charge in [0.25, 0.3) is 0 Å². The Morgan fingerprint density at radius 3 is 2.90 bits per heavy atom. The molecule has 2 rings (SSSR count). The average Bonchev–Trinajstić information content (AvgIpc) is 2.96. The maximum absolute atomic E-state index is 5.45. The Morgan fingerprint density at radius 1 is 1.38 bits per heavy atom. The molecule has 1 aliphatic rings. The first-order valence-corrected chi connectivity index (χ1v) is 7.71. The topological polar surface area (TPSA) is 48.9 Å². The second-order valence-corrected chi connectivity index (χ2v) is 5.10. The predicted molar refractivity (Wildman–Crippen MR) is 88.4 cm³/mol. The van der Waals surface area contributed by atoms with Gasteiger partial charge in [-0.3, -0.25) is 4.99 Å². The molecule has 116 valence electrons. The minimum atomic E-state index is 0.416. The van der Waals surface area contributed by atoms with Gasteiger partial charge in [-0.05, 0) is 32.4 Å². The number of ether oxygens (including phenoxy) is 1. The molecule has 0 amide bonds. The summed E-state index contributed by atoms with van der Waals surface area (Å²) in [5, 5.41) is 6.79. The lowest BCUT2D eigenvalue weighted by molar-refractivity contribution is 0.415. The van der Waals surface area contributed by atoms with Crippen LogP contribution in [0.15, 0.2) is 29.3 Å². The highest BCUT2D eigenvalue weighted by atomic mass is 16.5. The van der Waals surface area contributed by atoms with Crippen LogP contribution in [0.4, 0.5) is 5.69 Å². The van der Waals surface area contributed by atoms with Gasteiger partial charge in [-0.15, -0.1) is 0 Å². The third-order valence-electron chi connectivity index (χ3n) is 3.62. The van der Waals surface area contributed by atoms with Crippen LogP contribution in [0.5, 0.6) is 5.75 Å². The number of nitrogens with one attached hydrogen (secondary N) is 2. The number of guanidine groups is 1. The molecular weight excluding hydrogens is 264 g/mol. The molecule has 1 aromatic carbocycles. The van der Waals surface area contributed by atoms with Crippen molar-refractivity contribution in [3.8, 4) is 5.75 Å². The van der Waals surface area contributed by atoms with E-state index in [2.05, 4.69) is 46.5 Å². The van der Waals surface area contributed by atoms with E-state index in [1.54, 1.807) is 7.11 Å². The molecule has 0 aromatic heterocycles. The highest BCUT2D eigenvalue weighted by Crippen LogP contribution is 2.30. The molecule has 1 fully saturated rings. The van der Waals surface area contributed by atoms with Crippen LogP contribution >= 0.6 is 0 Å². The number of rotatable bonds is 5. The molecule has 1 aliphatic heterocycles.